The quantitative estimate of drug-likeness (QED) is 0.932. The summed E-state index contributed by atoms with van der Waals surface area (Å²) in [6.45, 7) is 8.80. The molecule has 0 radical (unpaired) electrons. The molecule has 0 aromatic carbocycles. The van der Waals surface area contributed by atoms with Gasteiger partial charge in [0.25, 0.3) is 0 Å². The van der Waals surface area contributed by atoms with Gasteiger partial charge in [-0.05, 0) is 33.2 Å². The van der Waals surface area contributed by atoms with E-state index >= 15 is 0 Å². The molecule has 118 valence electrons. The first kappa shape index (κ1) is 16.2. The number of thiazole rings is 1. The molecule has 6 heteroatoms. The number of aryl methyl sites for hydroxylation is 2. The van der Waals surface area contributed by atoms with Crippen LogP contribution in [-0.4, -0.2) is 54.5 Å². The second-order valence-corrected chi connectivity index (χ2v) is 7.14. The van der Waals surface area contributed by atoms with Crippen LogP contribution in [0.5, 0.6) is 0 Å². The Morgan fingerprint density at radius 3 is 2.43 bits per heavy atom. The highest BCUT2D eigenvalue weighted by molar-refractivity contribution is 7.11. The molecule has 0 saturated carbocycles. The number of piperidine rings is 1. The number of hydrogen-bond acceptors (Lipinski definition) is 4. The van der Waals surface area contributed by atoms with Crippen molar-refractivity contribution in [3.05, 3.63) is 15.6 Å². The molecule has 1 aliphatic heterocycles. The molecule has 1 aromatic heterocycles. The minimum absolute atomic E-state index is 0.0679. The van der Waals surface area contributed by atoms with Crippen LogP contribution in [0, 0.1) is 13.8 Å². The Bertz CT molecular complexity index is 484. The molecule has 2 rings (SSSR count). The van der Waals surface area contributed by atoms with Crippen LogP contribution in [0.1, 0.15) is 35.3 Å². The average Bonchev–Trinajstić information content (AvgIpc) is 2.79. The predicted octanol–water partition coefficient (Wildman–Crippen LogP) is 2.34. The smallest absolute Gasteiger partial charge is 0.319 e. The number of hydrogen-bond donors (Lipinski definition) is 1. The highest BCUT2D eigenvalue weighted by Gasteiger charge is 2.39. The summed E-state index contributed by atoms with van der Waals surface area (Å²) < 4.78 is 0. The van der Waals surface area contributed by atoms with E-state index in [4.69, 9.17) is 4.98 Å². The van der Waals surface area contributed by atoms with Gasteiger partial charge in [-0.2, -0.15) is 0 Å². The summed E-state index contributed by atoms with van der Waals surface area (Å²) in [6, 6.07) is 0.103. The highest BCUT2D eigenvalue weighted by Crippen LogP contribution is 2.36. The fraction of sp³-hybridized carbons (Fsp3) is 0.733. The molecule has 0 spiro atoms. The van der Waals surface area contributed by atoms with Gasteiger partial charge < -0.3 is 15.1 Å². The minimum Gasteiger partial charge on any atom is -0.331 e. The van der Waals surface area contributed by atoms with Crippen molar-refractivity contribution in [1.29, 1.82) is 0 Å². The largest absolute Gasteiger partial charge is 0.331 e. The van der Waals surface area contributed by atoms with Gasteiger partial charge in [0.05, 0.1) is 11.2 Å². The summed E-state index contributed by atoms with van der Waals surface area (Å²) in [6.07, 6.45) is 1.85. The summed E-state index contributed by atoms with van der Waals surface area (Å²) >= 11 is 1.79. The number of nitrogens with zero attached hydrogens (tertiary/aromatic N) is 3. The second-order valence-electron chi connectivity index (χ2n) is 5.94. The summed E-state index contributed by atoms with van der Waals surface area (Å²) in [5, 5.41) is 4.82. The maximum absolute atomic E-state index is 12.1. The van der Waals surface area contributed by atoms with Gasteiger partial charge in [-0.3, -0.25) is 0 Å². The van der Waals surface area contributed by atoms with Crippen LogP contribution < -0.4 is 5.32 Å². The molecule has 2 heterocycles. The van der Waals surface area contributed by atoms with Crippen LogP contribution in [0.2, 0.25) is 0 Å². The third kappa shape index (κ3) is 3.21. The van der Waals surface area contributed by atoms with Crippen molar-refractivity contribution in [1.82, 2.24) is 20.1 Å². The van der Waals surface area contributed by atoms with E-state index < -0.39 is 0 Å². The van der Waals surface area contributed by atoms with E-state index in [1.54, 1.807) is 16.2 Å². The zero-order valence-corrected chi connectivity index (χ0v) is 14.5. The van der Waals surface area contributed by atoms with Crippen molar-refractivity contribution in [2.75, 3.05) is 33.7 Å². The normalized spacial score (nSPS) is 17.9. The van der Waals surface area contributed by atoms with Gasteiger partial charge in [-0.25, -0.2) is 9.78 Å². The van der Waals surface area contributed by atoms with Gasteiger partial charge in [0.15, 0.2) is 0 Å². The van der Waals surface area contributed by atoms with Gasteiger partial charge >= 0.3 is 6.03 Å². The van der Waals surface area contributed by atoms with Crippen LogP contribution in [-0.2, 0) is 5.54 Å². The van der Waals surface area contributed by atoms with E-state index in [0.717, 1.165) is 38.2 Å². The molecule has 2 amide bonds. The van der Waals surface area contributed by atoms with Crippen LogP contribution in [0.3, 0.4) is 0 Å². The van der Waals surface area contributed by atoms with Crippen molar-refractivity contribution in [3.63, 3.8) is 0 Å². The number of nitrogens with one attached hydrogen (secondary N) is 1. The molecule has 1 N–H and O–H groups in total. The van der Waals surface area contributed by atoms with E-state index in [2.05, 4.69) is 26.1 Å². The van der Waals surface area contributed by atoms with Crippen molar-refractivity contribution in [3.8, 4) is 0 Å². The Morgan fingerprint density at radius 2 is 2.00 bits per heavy atom. The zero-order valence-electron chi connectivity index (χ0n) is 13.7. The predicted molar refractivity (Wildman–Crippen MR) is 86.8 cm³/mol. The highest BCUT2D eigenvalue weighted by atomic mass is 32.1. The molecule has 0 atom stereocenters. The lowest BCUT2D eigenvalue weighted by Crippen LogP contribution is -2.53. The topological polar surface area (TPSA) is 48.5 Å². The molecule has 0 aliphatic carbocycles. The molecule has 5 nitrogen and oxygen atoms in total. The molecule has 1 saturated heterocycles. The van der Waals surface area contributed by atoms with Crippen molar-refractivity contribution in [2.24, 2.45) is 0 Å². The number of urea groups is 1. The SMILES string of the molecule is CCNC1(c2nc(C)c(C)s2)CCN(C(=O)N(C)C)CC1. The van der Waals surface area contributed by atoms with Crippen LogP contribution in [0.4, 0.5) is 4.79 Å². The van der Waals surface area contributed by atoms with Crippen LogP contribution in [0.15, 0.2) is 0 Å². The molecular formula is C15H26N4OS. The second kappa shape index (κ2) is 6.32. The lowest BCUT2D eigenvalue weighted by molar-refractivity contribution is 0.125. The van der Waals surface area contributed by atoms with E-state index in [9.17, 15) is 4.79 Å². The van der Waals surface area contributed by atoms with Gasteiger partial charge in [0, 0.05) is 32.1 Å². The Balaban J connectivity index is 2.17. The van der Waals surface area contributed by atoms with Gasteiger partial charge in [-0.15, -0.1) is 11.3 Å². The Morgan fingerprint density at radius 1 is 1.38 bits per heavy atom. The molecule has 21 heavy (non-hydrogen) atoms. The molecular weight excluding hydrogens is 284 g/mol. The first-order chi connectivity index (χ1) is 9.89. The van der Waals surface area contributed by atoms with E-state index in [0.29, 0.717) is 0 Å². The average molecular weight is 310 g/mol. The minimum atomic E-state index is -0.0679. The molecule has 0 bridgehead atoms. The first-order valence-corrected chi connectivity index (χ1v) is 8.37. The number of carbonyl (C=O) groups is 1. The van der Waals surface area contributed by atoms with Crippen LogP contribution >= 0.6 is 11.3 Å². The first-order valence-electron chi connectivity index (χ1n) is 7.55. The maximum Gasteiger partial charge on any atom is 0.319 e. The van der Waals surface area contributed by atoms with Gasteiger partial charge in [0.1, 0.15) is 5.01 Å². The number of likely N-dealkylation sites (tertiary alicyclic amines) is 1. The Labute approximate surface area is 131 Å². The van der Waals surface area contributed by atoms with Crippen LogP contribution in [0.25, 0.3) is 0 Å². The summed E-state index contributed by atoms with van der Waals surface area (Å²) in [4.78, 5) is 21.7. The van der Waals surface area contributed by atoms with E-state index in [-0.39, 0.29) is 11.6 Å². The molecule has 1 fully saturated rings. The zero-order chi connectivity index (χ0) is 15.6. The van der Waals surface area contributed by atoms with Gasteiger partial charge in [0.2, 0.25) is 0 Å². The summed E-state index contributed by atoms with van der Waals surface area (Å²) in [7, 11) is 3.62. The lowest BCUT2D eigenvalue weighted by atomic mass is 9.88. The standard InChI is InChI=1S/C15H26N4OS/c1-6-16-15(13-17-11(2)12(3)21-13)7-9-19(10-8-15)14(20)18(4)5/h16H,6-10H2,1-5H3. The Kier molecular flexibility index (Phi) is 4.88. The molecule has 0 unspecified atom stereocenters. The van der Waals surface area contributed by atoms with E-state index in [1.807, 2.05) is 19.0 Å². The van der Waals surface area contributed by atoms with Crippen molar-refractivity contribution >= 4 is 17.4 Å². The van der Waals surface area contributed by atoms with Gasteiger partial charge in [-0.1, -0.05) is 6.92 Å². The third-order valence-corrected chi connectivity index (χ3v) is 5.50. The number of rotatable bonds is 3. The fourth-order valence-electron chi connectivity index (χ4n) is 2.84. The maximum atomic E-state index is 12.1. The lowest BCUT2D eigenvalue weighted by Gasteiger charge is -2.41. The Hall–Kier alpha value is -1.14. The number of carbonyl (C=O) groups excluding carboxylic acids is 1. The molecule has 1 aliphatic rings. The number of aromatic nitrogens is 1. The van der Waals surface area contributed by atoms with Crippen molar-refractivity contribution < 1.29 is 4.79 Å². The monoisotopic (exact) mass is 310 g/mol. The fourth-order valence-corrected chi connectivity index (χ4v) is 3.98. The van der Waals surface area contributed by atoms with Crippen molar-refractivity contribution in [2.45, 2.75) is 39.2 Å². The third-order valence-electron chi connectivity index (χ3n) is 4.22. The summed E-state index contributed by atoms with van der Waals surface area (Å²) in [5.74, 6) is 0. The number of amides is 2. The molecule has 1 aromatic rings. The summed E-state index contributed by atoms with van der Waals surface area (Å²) in [5.41, 5.74) is 1.06. The van der Waals surface area contributed by atoms with E-state index in [1.165, 1.54) is 9.88 Å².